The van der Waals surface area contributed by atoms with E-state index in [-0.39, 0.29) is 0 Å². The van der Waals surface area contributed by atoms with E-state index in [1.807, 2.05) is 19.1 Å². The maximum atomic E-state index is 12.8. The molecule has 6 heteroatoms. The summed E-state index contributed by atoms with van der Waals surface area (Å²) in [6.07, 6.45) is 0. The molecule has 134 valence electrons. The van der Waals surface area contributed by atoms with Gasteiger partial charge in [0.1, 0.15) is 5.75 Å². The topological polar surface area (TPSA) is 49.9 Å². The molecule has 5 nitrogen and oxygen atoms in total. The molecule has 1 aliphatic rings. The fourth-order valence-corrected chi connectivity index (χ4v) is 4.53. The van der Waals surface area contributed by atoms with E-state index in [1.165, 1.54) is 11.3 Å². The average molecular weight is 360 g/mol. The zero-order valence-corrected chi connectivity index (χ0v) is 15.5. The molecule has 1 saturated heterocycles. The Balaban J connectivity index is 1.70. The first kappa shape index (κ1) is 17.8. The van der Waals surface area contributed by atoms with Crippen LogP contribution < -0.4 is 9.64 Å². The van der Waals surface area contributed by atoms with Crippen LogP contribution in [0.15, 0.2) is 53.4 Å². The minimum Gasteiger partial charge on any atom is -0.494 e. The third kappa shape index (κ3) is 3.80. The van der Waals surface area contributed by atoms with Gasteiger partial charge in [0, 0.05) is 31.9 Å². The summed E-state index contributed by atoms with van der Waals surface area (Å²) < 4.78 is 32.6. The molecule has 1 aliphatic heterocycles. The Bertz CT molecular complexity index is 811. The number of hydrogen-bond donors (Lipinski definition) is 0. The van der Waals surface area contributed by atoms with Crippen LogP contribution in [0.3, 0.4) is 0 Å². The molecular formula is C19H24N2O3S. The first-order valence-corrected chi connectivity index (χ1v) is 10.00. The van der Waals surface area contributed by atoms with E-state index in [1.54, 1.807) is 28.6 Å². The number of piperazine rings is 1. The molecule has 25 heavy (non-hydrogen) atoms. The van der Waals surface area contributed by atoms with Crippen molar-refractivity contribution < 1.29 is 13.2 Å². The number of aryl methyl sites for hydroxylation is 1. The van der Waals surface area contributed by atoms with E-state index in [2.05, 4.69) is 24.0 Å². The number of anilines is 1. The van der Waals surface area contributed by atoms with E-state index in [0.717, 1.165) is 0 Å². The number of benzene rings is 2. The van der Waals surface area contributed by atoms with Crippen LogP contribution in [0.5, 0.6) is 5.75 Å². The van der Waals surface area contributed by atoms with Gasteiger partial charge in [0.25, 0.3) is 0 Å². The summed E-state index contributed by atoms with van der Waals surface area (Å²) >= 11 is 0. The quantitative estimate of drug-likeness (QED) is 0.823. The van der Waals surface area contributed by atoms with Crippen molar-refractivity contribution >= 4 is 15.7 Å². The van der Waals surface area contributed by atoms with Gasteiger partial charge >= 0.3 is 0 Å². The van der Waals surface area contributed by atoms with Gasteiger partial charge in [-0.05, 0) is 49.7 Å². The predicted octanol–water partition coefficient (Wildman–Crippen LogP) is 2.90. The monoisotopic (exact) mass is 360 g/mol. The van der Waals surface area contributed by atoms with Crippen LogP contribution in [0.2, 0.25) is 0 Å². The van der Waals surface area contributed by atoms with Crippen molar-refractivity contribution in [3.63, 3.8) is 0 Å². The Morgan fingerprint density at radius 3 is 2.20 bits per heavy atom. The van der Waals surface area contributed by atoms with Gasteiger partial charge in [0.2, 0.25) is 10.0 Å². The molecular weight excluding hydrogens is 336 g/mol. The fraction of sp³-hybridized carbons (Fsp3) is 0.368. The zero-order chi connectivity index (χ0) is 17.9. The van der Waals surface area contributed by atoms with Gasteiger partial charge in [0.15, 0.2) is 0 Å². The lowest BCUT2D eigenvalue weighted by Gasteiger charge is -2.36. The predicted molar refractivity (Wildman–Crippen MR) is 99.8 cm³/mol. The molecule has 0 saturated carbocycles. The van der Waals surface area contributed by atoms with E-state index >= 15 is 0 Å². The van der Waals surface area contributed by atoms with Crippen LogP contribution in [-0.4, -0.2) is 45.5 Å². The Labute approximate surface area is 149 Å². The van der Waals surface area contributed by atoms with Gasteiger partial charge in [-0.2, -0.15) is 4.31 Å². The van der Waals surface area contributed by atoms with Crippen LogP contribution in [0, 0.1) is 6.92 Å². The molecule has 2 aromatic rings. The lowest BCUT2D eigenvalue weighted by molar-refractivity contribution is 0.340. The summed E-state index contributed by atoms with van der Waals surface area (Å²) in [5.41, 5.74) is 2.39. The second kappa shape index (κ2) is 7.45. The first-order chi connectivity index (χ1) is 12.0. The Hall–Kier alpha value is -2.05. The molecule has 0 atom stereocenters. The number of nitrogens with zero attached hydrogens (tertiary/aromatic N) is 2. The Kier molecular flexibility index (Phi) is 5.30. The lowest BCUT2D eigenvalue weighted by Crippen LogP contribution is -2.48. The van der Waals surface area contributed by atoms with E-state index in [0.29, 0.717) is 43.4 Å². The highest BCUT2D eigenvalue weighted by Crippen LogP contribution is 2.24. The molecule has 1 fully saturated rings. The third-order valence-corrected chi connectivity index (χ3v) is 6.38. The van der Waals surface area contributed by atoms with Gasteiger partial charge in [-0.25, -0.2) is 8.42 Å². The van der Waals surface area contributed by atoms with Crippen LogP contribution in [-0.2, 0) is 10.0 Å². The number of para-hydroxylation sites is 1. The summed E-state index contributed by atoms with van der Waals surface area (Å²) in [6.45, 7) is 6.92. The van der Waals surface area contributed by atoms with E-state index in [4.69, 9.17) is 4.74 Å². The Morgan fingerprint density at radius 2 is 1.60 bits per heavy atom. The van der Waals surface area contributed by atoms with Crippen molar-refractivity contribution in [1.29, 1.82) is 0 Å². The fourth-order valence-electron chi connectivity index (χ4n) is 3.11. The van der Waals surface area contributed by atoms with E-state index < -0.39 is 10.0 Å². The van der Waals surface area contributed by atoms with Crippen LogP contribution in [0.1, 0.15) is 12.5 Å². The normalized spacial score (nSPS) is 16.0. The minimum atomic E-state index is -3.46. The second-order valence-electron chi connectivity index (χ2n) is 6.08. The minimum absolute atomic E-state index is 0.320. The smallest absolute Gasteiger partial charge is 0.243 e. The third-order valence-electron chi connectivity index (χ3n) is 4.47. The highest BCUT2D eigenvalue weighted by Gasteiger charge is 2.28. The standard InChI is InChI=1S/C19H24N2O3S/c1-3-24-17-8-10-18(11-9-17)25(22,23)21-14-12-20(13-15-21)19-7-5-4-6-16(19)2/h4-11H,3,12-15H2,1-2H3. The number of ether oxygens (including phenoxy) is 1. The van der Waals surface area contributed by atoms with Gasteiger partial charge < -0.3 is 9.64 Å². The highest BCUT2D eigenvalue weighted by molar-refractivity contribution is 7.89. The summed E-state index contributed by atoms with van der Waals surface area (Å²) in [5.74, 6) is 0.686. The molecule has 3 rings (SSSR count). The van der Waals surface area contributed by atoms with Crippen molar-refractivity contribution in [2.75, 3.05) is 37.7 Å². The highest BCUT2D eigenvalue weighted by atomic mass is 32.2. The summed E-state index contributed by atoms with van der Waals surface area (Å²) in [6, 6.07) is 14.9. The molecule has 0 radical (unpaired) electrons. The number of rotatable bonds is 5. The molecule has 0 amide bonds. The number of hydrogen-bond acceptors (Lipinski definition) is 4. The molecule has 0 aliphatic carbocycles. The maximum absolute atomic E-state index is 12.8. The van der Waals surface area contributed by atoms with Crippen molar-refractivity contribution in [2.45, 2.75) is 18.7 Å². The Morgan fingerprint density at radius 1 is 0.960 bits per heavy atom. The maximum Gasteiger partial charge on any atom is 0.243 e. The van der Waals surface area contributed by atoms with Crippen LogP contribution >= 0.6 is 0 Å². The summed E-state index contributed by atoms with van der Waals surface area (Å²) in [5, 5.41) is 0. The van der Waals surface area contributed by atoms with E-state index in [9.17, 15) is 8.42 Å². The van der Waals surface area contributed by atoms with Crippen molar-refractivity contribution in [3.05, 3.63) is 54.1 Å². The second-order valence-corrected chi connectivity index (χ2v) is 8.02. The summed E-state index contributed by atoms with van der Waals surface area (Å²) in [7, 11) is -3.46. The van der Waals surface area contributed by atoms with Gasteiger partial charge in [0.05, 0.1) is 11.5 Å². The first-order valence-electron chi connectivity index (χ1n) is 8.56. The summed E-state index contributed by atoms with van der Waals surface area (Å²) in [4.78, 5) is 2.57. The van der Waals surface area contributed by atoms with Crippen molar-refractivity contribution in [1.82, 2.24) is 4.31 Å². The molecule has 0 bridgehead atoms. The molecule has 0 N–H and O–H groups in total. The van der Waals surface area contributed by atoms with Gasteiger partial charge in [-0.1, -0.05) is 18.2 Å². The SMILES string of the molecule is CCOc1ccc(S(=O)(=O)N2CCN(c3ccccc3C)CC2)cc1. The van der Waals surface area contributed by atoms with Gasteiger partial charge in [-0.15, -0.1) is 0 Å². The largest absolute Gasteiger partial charge is 0.494 e. The number of sulfonamides is 1. The molecule has 0 unspecified atom stereocenters. The lowest BCUT2D eigenvalue weighted by atomic mass is 10.1. The van der Waals surface area contributed by atoms with Crippen LogP contribution in [0.25, 0.3) is 0 Å². The average Bonchev–Trinajstić information content (AvgIpc) is 2.63. The van der Waals surface area contributed by atoms with Crippen molar-refractivity contribution in [2.24, 2.45) is 0 Å². The molecule has 1 heterocycles. The van der Waals surface area contributed by atoms with Crippen LogP contribution in [0.4, 0.5) is 5.69 Å². The molecule has 2 aromatic carbocycles. The molecule has 0 aromatic heterocycles. The van der Waals surface area contributed by atoms with Crippen molar-refractivity contribution in [3.8, 4) is 5.75 Å². The zero-order valence-electron chi connectivity index (χ0n) is 14.7. The van der Waals surface area contributed by atoms with Gasteiger partial charge in [-0.3, -0.25) is 0 Å². The molecule has 0 spiro atoms.